The summed E-state index contributed by atoms with van der Waals surface area (Å²) in [4.78, 5) is 0. The SMILES string of the molecule is C=Cc1ccccc1-c1c(C(N)=NO)cc(F)cc1-c1ccc(O)cc1.Cc1ccc(C)c(-c2c(C(N)=NO)cc(Cl)cc2-c2ccc(O)cc2)c1. The van der Waals surface area contributed by atoms with Crippen LogP contribution in [0.25, 0.3) is 50.6 Å². The molecule has 6 aromatic rings. The number of hydrogen-bond donors (Lipinski definition) is 6. The molecule has 0 aromatic heterocycles. The van der Waals surface area contributed by atoms with Crippen molar-refractivity contribution in [1.29, 1.82) is 0 Å². The Labute approximate surface area is 305 Å². The van der Waals surface area contributed by atoms with Gasteiger partial charge in [-0.05, 0) is 107 Å². The molecular formula is C42H36ClFN4O4. The van der Waals surface area contributed by atoms with Gasteiger partial charge in [-0.1, -0.05) is 107 Å². The van der Waals surface area contributed by atoms with Gasteiger partial charge in [0.05, 0.1) is 0 Å². The Morgan fingerprint density at radius 1 is 0.654 bits per heavy atom. The van der Waals surface area contributed by atoms with Crippen molar-refractivity contribution in [1.82, 2.24) is 0 Å². The van der Waals surface area contributed by atoms with Gasteiger partial charge in [0.25, 0.3) is 0 Å². The summed E-state index contributed by atoms with van der Waals surface area (Å²) in [6.45, 7) is 7.86. The molecule has 0 fully saturated rings. The molecule has 10 heteroatoms. The molecule has 8 N–H and O–H groups in total. The molecule has 262 valence electrons. The first-order chi connectivity index (χ1) is 24.9. The van der Waals surface area contributed by atoms with Crippen molar-refractivity contribution >= 4 is 29.3 Å². The fourth-order valence-corrected chi connectivity index (χ4v) is 6.17. The van der Waals surface area contributed by atoms with Gasteiger partial charge < -0.3 is 32.1 Å². The van der Waals surface area contributed by atoms with Crippen LogP contribution in [0.5, 0.6) is 11.5 Å². The molecule has 0 saturated carbocycles. The molecule has 0 radical (unpaired) electrons. The number of phenols is 2. The maximum Gasteiger partial charge on any atom is 0.170 e. The van der Waals surface area contributed by atoms with E-state index < -0.39 is 5.82 Å². The molecule has 6 aromatic carbocycles. The average Bonchev–Trinajstić information content (AvgIpc) is 3.15. The number of oxime groups is 2. The molecule has 8 nitrogen and oxygen atoms in total. The first-order valence-corrected chi connectivity index (χ1v) is 16.3. The second kappa shape index (κ2) is 16.0. The number of benzene rings is 6. The van der Waals surface area contributed by atoms with Crippen LogP contribution in [0.1, 0.15) is 27.8 Å². The minimum Gasteiger partial charge on any atom is -0.508 e. The Morgan fingerprint density at radius 3 is 1.73 bits per heavy atom. The van der Waals surface area contributed by atoms with Gasteiger partial charge in [-0.25, -0.2) is 4.39 Å². The Balaban J connectivity index is 0.000000201. The predicted molar refractivity (Wildman–Crippen MR) is 208 cm³/mol. The summed E-state index contributed by atoms with van der Waals surface area (Å²) < 4.78 is 14.3. The summed E-state index contributed by atoms with van der Waals surface area (Å²) in [5.41, 5.74) is 21.7. The highest BCUT2D eigenvalue weighted by Gasteiger charge is 2.20. The number of aryl methyl sites for hydroxylation is 2. The van der Waals surface area contributed by atoms with Crippen LogP contribution >= 0.6 is 11.6 Å². The van der Waals surface area contributed by atoms with Gasteiger partial charge in [-0.2, -0.15) is 0 Å². The van der Waals surface area contributed by atoms with Crippen LogP contribution in [0, 0.1) is 19.7 Å². The van der Waals surface area contributed by atoms with Gasteiger partial charge in [0.1, 0.15) is 17.3 Å². The fraction of sp³-hybridized carbons (Fsp3) is 0.0476. The number of phenolic OH excluding ortho intramolecular Hbond substituents is 2. The number of aromatic hydroxyl groups is 2. The van der Waals surface area contributed by atoms with Crippen molar-refractivity contribution in [2.75, 3.05) is 0 Å². The van der Waals surface area contributed by atoms with E-state index in [4.69, 9.17) is 28.3 Å². The van der Waals surface area contributed by atoms with E-state index in [2.05, 4.69) is 23.0 Å². The van der Waals surface area contributed by atoms with Crippen LogP contribution < -0.4 is 11.5 Å². The zero-order valence-electron chi connectivity index (χ0n) is 28.3. The Hall–Kier alpha value is -6.58. The monoisotopic (exact) mass is 714 g/mol. The van der Waals surface area contributed by atoms with Gasteiger partial charge in [0.2, 0.25) is 0 Å². The second-order valence-corrected chi connectivity index (χ2v) is 12.4. The van der Waals surface area contributed by atoms with Crippen molar-refractivity contribution in [3.63, 3.8) is 0 Å². The average molecular weight is 715 g/mol. The standard InChI is InChI=1S/C21H19ClN2O2.C21H17FN2O2/c1-12-3-4-13(2)17(9-12)20-18(14-5-7-16(25)8-6-14)10-15(22)11-19(20)21(23)24-26;1-2-13-5-3-4-6-17(13)20-18(14-7-9-16(25)10-8-14)11-15(22)12-19(20)21(23)24-26/h3-11,25-26H,1-2H3,(H2,23,24);2-12,25-26H,1H2,(H2,23,24). The van der Waals surface area contributed by atoms with Crippen LogP contribution in [0.3, 0.4) is 0 Å². The van der Waals surface area contributed by atoms with E-state index in [0.717, 1.165) is 44.5 Å². The van der Waals surface area contributed by atoms with E-state index in [0.29, 0.717) is 27.3 Å². The third-order valence-corrected chi connectivity index (χ3v) is 8.66. The molecule has 0 spiro atoms. The van der Waals surface area contributed by atoms with E-state index >= 15 is 0 Å². The first kappa shape index (κ1) is 36.7. The lowest BCUT2D eigenvalue weighted by molar-refractivity contribution is 0.318. The topological polar surface area (TPSA) is 158 Å². The molecule has 0 unspecified atom stereocenters. The van der Waals surface area contributed by atoms with Crippen molar-refractivity contribution in [3.05, 3.63) is 160 Å². The van der Waals surface area contributed by atoms with Crippen LogP contribution in [-0.2, 0) is 0 Å². The number of halogens is 2. The van der Waals surface area contributed by atoms with Gasteiger partial charge >= 0.3 is 0 Å². The van der Waals surface area contributed by atoms with Crippen molar-refractivity contribution < 1.29 is 25.0 Å². The van der Waals surface area contributed by atoms with Crippen LogP contribution in [0.15, 0.2) is 132 Å². The molecule has 0 heterocycles. The van der Waals surface area contributed by atoms with E-state index in [1.54, 1.807) is 36.4 Å². The maximum absolute atomic E-state index is 14.3. The van der Waals surface area contributed by atoms with Gasteiger partial charge in [0.15, 0.2) is 11.7 Å². The third kappa shape index (κ3) is 7.90. The van der Waals surface area contributed by atoms with Crippen molar-refractivity contribution in [3.8, 4) is 56.0 Å². The molecule has 0 saturated heterocycles. The summed E-state index contributed by atoms with van der Waals surface area (Å²) in [6, 6.07) is 33.0. The second-order valence-electron chi connectivity index (χ2n) is 11.9. The largest absolute Gasteiger partial charge is 0.508 e. The van der Waals surface area contributed by atoms with Crippen molar-refractivity contribution in [2.24, 2.45) is 21.8 Å². The number of amidine groups is 2. The lowest BCUT2D eigenvalue weighted by atomic mass is 9.87. The highest BCUT2D eigenvalue weighted by molar-refractivity contribution is 6.32. The zero-order chi connectivity index (χ0) is 37.5. The molecule has 0 aliphatic rings. The number of nitrogens with zero attached hydrogens (tertiary/aromatic N) is 2. The first-order valence-electron chi connectivity index (χ1n) is 16.0. The lowest BCUT2D eigenvalue weighted by Gasteiger charge is -2.18. The molecule has 0 atom stereocenters. The number of rotatable bonds is 7. The summed E-state index contributed by atoms with van der Waals surface area (Å²) in [5, 5.41) is 44.3. The summed E-state index contributed by atoms with van der Waals surface area (Å²) in [7, 11) is 0. The molecule has 0 aliphatic carbocycles. The summed E-state index contributed by atoms with van der Waals surface area (Å²) in [5.74, 6) is -0.438. The summed E-state index contributed by atoms with van der Waals surface area (Å²) >= 11 is 6.32. The molecule has 6 rings (SSSR count). The molecular weight excluding hydrogens is 679 g/mol. The van der Waals surface area contributed by atoms with Crippen LogP contribution in [0.4, 0.5) is 4.39 Å². The molecule has 0 bridgehead atoms. The Kier molecular flexibility index (Phi) is 11.3. The van der Waals surface area contributed by atoms with E-state index in [1.807, 2.05) is 68.4 Å². The summed E-state index contributed by atoms with van der Waals surface area (Å²) in [6.07, 6.45) is 1.69. The number of hydrogen-bond acceptors (Lipinski definition) is 6. The normalized spacial score (nSPS) is 11.5. The van der Waals surface area contributed by atoms with Crippen molar-refractivity contribution in [2.45, 2.75) is 13.8 Å². The van der Waals surface area contributed by atoms with Crippen LogP contribution in [0.2, 0.25) is 5.02 Å². The molecule has 0 amide bonds. The minimum absolute atomic E-state index is 0.0107. The van der Waals surface area contributed by atoms with E-state index in [-0.39, 0.29) is 28.7 Å². The molecule has 52 heavy (non-hydrogen) atoms. The zero-order valence-corrected chi connectivity index (χ0v) is 29.1. The smallest absolute Gasteiger partial charge is 0.170 e. The lowest BCUT2D eigenvalue weighted by Crippen LogP contribution is -2.15. The van der Waals surface area contributed by atoms with Crippen LogP contribution in [-0.4, -0.2) is 32.3 Å². The quantitative estimate of drug-likeness (QED) is 0.0418. The third-order valence-electron chi connectivity index (χ3n) is 8.44. The van der Waals surface area contributed by atoms with Gasteiger partial charge in [0, 0.05) is 27.3 Å². The van der Waals surface area contributed by atoms with Gasteiger partial charge in [-0.3, -0.25) is 0 Å². The Bertz CT molecular complexity index is 2320. The minimum atomic E-state index is -0.519. The Morgan fingerprint density at radius 2 is 1.17 bits per heavy atom. The predicted octanol–water partition coefficient (Wildman–Crippen LogP) is 9.69. The molecule has 0 aliphatic heterocycles. The fourth-order valence-electron chi connectivity index (χ4n) is 5.95. The maximum atomic E-state index is 14.3. The highest BCUT2D eigenvalue weighted by atomic mass is 35.5. The van der Waals surface area contributed by atoms with E-state index in [1.165, 1.54) is 24.3 Å². The number of nitrogens with two attached hydrogens (primary N) is 2. The van der Waals surface area contributed by atoms with Gasteiger partial charge in [-0.15, -0.1) is 0 Å². The van der Waals surface area contributed by atoms with E-state index in [9.17, 15) is 19.8 Å². The highest BCUT2D eigenvalue weighted by Crippen LogP contribution is 2.41.